The Hall–Kier alpha value is -3.13. The van der Waals surface area contributed by atoms with E-state index in [-0.39, 0.29) is 5.11 Å². The molecule has 7 nitrogen and oxygen atoms in total. The molecule has 1 atom stereocenters. The first-order chi connectivity index (χ1) is 12.8. The zero-order valence-electron chi connectivity index (χ0n) is 15.2. The molecule has 3 rings (SSSR count). The number of nitrogens with zero attached hydrogens (tertiary/aromatic N) is 1. The number of rotatable bonds is 4. The van der Waals surface area contributed by atoms with Gasteiger partial charge >= 0.3 is 6.03 Å². The molecule has 1 aliphatic rings. The van der Waals surface area contributed by atoms with E-state index in [1.54, 1.807) is 38.3 Å². The first-order valence-electron chi connectivity index (χ1n) is 8.29. The quantitative estimate of drug-likeness (QED) is 0.555. The molecule has 27 heavy (non-hydrogen) atoms. The number of nitrogens with one attached hydrogen (secondary N) is 3. The summed E-state index contributed by atoms with van der Waals surface area (Å²) in [5.74, 6) is 0.212. The minimum Gasteiger partial charge on any atom is -0.497 e. The summed E-state index contributed by atoms with van der Waals surface area (Å²) < 4.78 is 5.13. The van der Waals surface area contributed by atoms with E-state index in [9.17, 15) is 9.59 Å². The van der Waals surface area contributed by atoms with Crippen LogP contribution in [0.15, 0.2) is 48.5 Å². The predicted molar refractivity (Wildman–Crippen MR) is 106 cm³/mol. The number of anilines is 1. The number of ether oxygens (including phenoxy) is 1. The monoisotopic (exact) mass is 384 g/mol. The summed E-state index contributed by atoms with van der Waals surface area (Å²) in [6, 6.07) is 13.9. The maximum Gasteiger partial charge on any atom is 0.344 e. The largest absolute Gasteiger partial charge is 0.497 e. The van der Waals surface area contributed by atoms with Gasteiger partial charge < -0.3 is 15.4 Å². The molecule has 3 amide bonds. The summed E-state index contributed by atoms with van der Waals surface area (Å²) in [4.78, 5) is 25.3. The molecule has 0 aliphatic carbocycles. The average molecular weight is 384 g/mol. The second-order valence-corrected chi connectivity index (χ2v) is 6.71. The van der Waals surface area contributed by atoms with Crippen molar-refractivity contribution in [1.82, 2.24) is 15.8 Å². The molecule has 2 aromatic rings. The average Bonchev–Trinajstić information content (AvgIpc) is 2.88. The molecule has 140 valence electrons. The van der Waals surface area contributed by atoms with Crippen LogP contribution in [0.4, 0.5) is 10.5 Å². The third-order valence-electron chi connectivity index (χ3n) is 4.46. The topological polar surface area (TPSA) is 82.7 Å². The number of hydrazine groups is 1. The molecule has 1 aliphatic heterocycles. The van der Waals surface area contributed by atoms with Gasteiger partial charge in [0.15, 0.2) is 5.11 Å². The van der Waals surface area contributed by atoms with Gasteiger partial charge in [0.05, 0.1) is 7.11 Å². The van der Waals surface area contributed by atoms with Crippen molar-refractivity contribution in [2.75, 3.05) is 12.4 Å². The van der Waals surface area contributed by atoms with E-state index >= 15 is 0 Å². The lowest BCUT2D eigenvalue weighted by Gasteiger charge is -2.23. The van der Waals surface area contributed by atoms with Gasteiger partial charge in [0, 0.05) is 5.69 Å². The maximum atomic E-state index is 12.9. The van der Waals surface area contributed by atoms with E-state index in [0.29, 0.717) is 11.3 Å². The summed E-state index contributed by atoms with van der Waals surface area (Å²) in [5, 5.41) is 6.73. The van der Waals surface area contributed by atoms with Crippen molar-refractivity contribution in [3.8, 4) is 5.75 Å². The van der Waals surface area contributed by atoms with Gasteiger partial charge in [-0.05, 0) is 55.4 Å². The third-order valence-corrected chi connectivity index (χ3v) is 4.66. The molecule has 0 bridgehead atoms. The first-order valence-corrected chi connectivity index (χ1v) is 8.70. The number of thiocarbonyl (C=S) groups is 1. The van der Waals surface area contributed by atoms with Crippen molar-refractivity contribution in [3.05, 3.63) is 59.7 Å². The van der Waals surface area contributed by atoms with Crippen molar-refractivity contribution in [2.24, 2.45) is 0 Å². The Balaban J connectivity index is 1.75. The third kappa shape index (κ3) is 3.56. The van der Waals surface area contributed by atoms with Gasteiger partial charge in [0.2, 0.25) is 0 Å². The van der Waals surface area contributed by atoms with Crippen LogP contribution in [0.1, 0.15) is 18.1 Å². The SMILES string of the molecule is COc1ccc([C@]2(C)NC(=O)N(NC(=S)Nc3ccccc3C)C2=O)cc1. The Bertz CT molecular complexity index is 900. The Morgan fingerprint density at radius 1 is 1.15 bits per heavy atom. The van der Waals surface area contributed by atoms with Crippen LogP contribution in [0, 0.1) is 6.92 Å². The van der Waals surface area contributed by atoms with Gasteiger partial charge in [-0.15, -0.1) is 0 Å². The molecule has 1 heterocycles. The number of carbonyl (C=O) groups excluding carboxylic acids is 2. The van der Waals surface area contributed by atoms with Crippen LogP contribution in [0.25, 0.3) is 0 Å². The molecule has 8 heteroatoms. The fourth-order valence-electron chi connectivity index (χ4n) is 2.83. The van der Waals surface area contributed by atoms with Crippen molar-refractivity contribution in [2.45, 2.75) is 19.4 Å². The summed E-state index contributed by atoms with van der Waals surface area (Å²) in [6.07, 6.45) is 0. The zero-order chi connectivity index (χ0) is 19.6. The van der Waals surface area contributed by atoms with Gasteiger partial charge in [-0.1, -0.05) is 30.3 Å². The van der Waals surface area contributed by atoms with Crippen LogP contribution in [-0.2, 0) is 10.3 Å². The lowest BCUT2D eigenvalue weighted by molar-refractivity contribution is -0.132. The zero-order valence-corrected chi connectivity index (χ0v) is 16.0. The molecule has 1 saturated heterocycles. The highest BCUT2D eigenvalue weighted by Crippen LogP contribution is 2.29. The molecule has 0 aromatic heterocycles. The Morgan fingerprint density at radius 2 is 1.81 bits per heavy atom. The molecule has 0 saturated carbocycles. The van der Waals surface area contributed by atoms with Crippen LogP contribution in [0.5, 0.6) is 5.75 Å². The fourth-order valence-corrected chi connectivity index (χ4v) is 3.03. The van der Waals surface area contributed by atoms with Gasteiger partial charge in [-0.2, -0.15) is 5.01 Å². The number of aryl methyl sites for hydroxylation is 1. The van der Waals surface area contributed by atoms with Crippen LogP contribution < -0.4 is 20.8 Å². The fraction of sp³-hybridized carbons (Fsp3) is 0.211. The van der Waals surface area contributed by atoms with E-state index in [0.717, 1.165) is 16.3 Å². The minimum absolute atomic E-state index is 0.145. The van der Waals surface area contributed by atoms with Crippen molar-refractivity contribution < 1.29 is 14.3 Å². The Morgan fingerprint density at radius 3 is 2.44 bits per heavy atom. The molecular weight excluding hydrogens is 364 g/mol. The Labute approximate surface area is 162 Å². The molecular formula is C19H20N4O3S. The molecule has 3 N–H and O–H groups in total. The number of amides is 3. The highest BCUT2D eigenvalue weighted by Gasteiger charge is 2.49. The van der Waals surface area contributed by atoms with Gasteiger partial charge in [0.25, 0.3) is 5.91 Å². The molecule has 0 unspecified atom stereocenters. The lowest BCUT2D eigenvalue weighted by atomic mass is 9.92. The van der Waals surface area contributed by atoms with Crippen LogP contribution in [-0.4, -0.2) is 29.2 Å². The summed E-state index contributed by atoms with van der Waals surface area (Å²) >= 11 is 5.25. The summed E-state index contributed by atoms with van der Waals surface area (Å²) in [6.45, 7) is 3.58. The molecule has 2 aromatic carbocycles. The van der Waals surface area contributed by atoms with Gasteiger partial charge in [-0.25, -0.2) is 4.79 Å². The highest BCUT2D eigenvalue weighted by atomic mass is 32.1. The number of urea groups is 1. The van der Waals surface area contributed by atoms with E-state index in [1.807, 2.05) is 31.2 Å². The number of hydrogen-bond donors (Lipinski definition) is 3. The van der Waals surface area contributed by atoms with Crippen molar-refractivity contribution in [3.63, 3.8) is 0 Å². The maximum absolute atomic E-state index is 12.9. The van der Waals surface area contributed by atoms with E-state index in [1.165, 1.54) is 0 Å². The number of para-hydroxylation sites is 1. The normalized spacial score (nSPS) is 18.9. The number of imide groups is 1. The molecule has 0 spiro atoms. The van der Waals surface area contributed by atoms with E-state index in [2.05, 4.69) is 16.1 Å². The molecule has 1 fully saturated rings. The number of hydrogen-bond acceptors (Lipinski definition) is 4. The minimum atomic E-state index is -1.20. The first kappa shape index (κ1) is 18.7. The van der Waals surface area contributed by atoms with Gasteiger partial charge in [0.1, 0.15) is 11.3 Å². The van der Waals surface area contributed by atoms with E-state index in [4.69, 9.17) is 17.0 Å². The second kappa shape index (κ2) is 7.24. The number of methoxy groups -OCH3 is 1. The lowest BCUT2D eigenvalue weighted by Crippen LogP contribution is -2.49. The van der Waals surface area contributed by atoms with Crippen LogP contribution >= 0.6 is 12.2 Å². The van der Waals surface area contributed by atoms with E-state index < -0.39 is 17.5 Å². The van der Waals surface area contributed by atoms with Crippen molar-refractivity contribution in [1.29, 1.82) is 0 Å². The Kier molecular flexibility index (Phi) is 5.00. The number of carbonyl (C=O) groups is 2. The second-order valence-electron chi connectivity index (χ2n) is 6.31. The van der Waals surface area contributed by atoms with Crippen LogP contribution in [0.2, 0.25) is 0 Å². The standard InChI is InChI=1S/C19H20N4O3S/c1-12-6-4-5-7-15(12)20-17(27)22-23-16(24)19(2,21-18(23)25)13-8-10-14(26-3)11-9-13/h4-11H,1-3H3,(H,21,25)(H2,20,22,27)/t19-/m0/s1. The molecule has 0 radical (unpaired) electrons. The predicted octanol–water partition coefficient (Wildman–Crippen LogP) is 2.67. The van der Waals surface area contributed by atoms with Crippen molar-refractivity contribution >= 4 is 35.0 Å². The van der Waals surface area contributed by atoms with Gasteiger partial charge in [-0.3, -0.25) is 10.2 Å². The smallest absolute Gasteiger partial charge is 0.344 e. The highest BCUT2D eigenvalue weighted by molar-refractivity contribution is 7.80. The van der Waals surface area contributed by atoms with Crippen LogP contribution in [0.3, 0.4) is 0 Å². The number of benzene rings is 2. The summed E-state index contributed by atoms with van der Waals surface area (Å²) in [7, 11) is 1.56. The summed E-state index contributed by atoms with van der Waals surface area (Å²) in [5.41, 5.74) is 3.89.